The summed E-state index contributed by atoms with van der Waals surface area (Å²) in [5.41, 5.74) is 7.96. The molecule has 0 saturated carbocycles. The summed E-state index contributed by atoms with van der Waals surface area (Å²) in [6.07, 6.45) is 3.73. The van der Waals surface area contributed by atoms with Crippen molar-refractivity contribution in [2.24, 2.45) is 5.41 Å². The topological polar surface area (TPSA) is 29.3 Å². The third-order valence-corrected chi connectivity index (χ3v) is 4.42. The highest BCUT2D eigenvalue weighted by Crippen LogP contribution is 2.34. The summed E-state index contributed by atoms with van der Waals surface area (Å²) < 4.78 is 13.0. The van der Waals surface area contributed by atoms with Gasteiger partial charge in [0, 0.05) is 12.2 Å². The van der Waals surface area contributed by atoms with E-state index in [-0.39, 0.29) is 5.82 Å². The minimum absolute atomic E-state index is 0.256. The highest BCUT2D eigenvalue weighted by atomic mass is 19.1. The number of rotatable bonds is 3. The Kier molecular flexibility index (Phi) is 3.91. The molecule has 0 atom stereocenters. The molecule has 0 aliphatic carbocycles. The van der Waals surface area contributed by atoms with E-state index >= 15 is 0 Å². The molecule has 1 aliphatic heterocycles. The lowest BCUT2D eigenvalue weighted by atomic mass is 9.78. The molecule has 1 aromatic carbocycles. The van der Waals surface area contributed by atoms with E-state index in [0.717, 1.165) is 25.2 Å². The Morgan fingerprint density at radius 3 is 2.56 bits per heavy atom. The van der Waals surface area contributed by atoms with Gasteiger partial charge in [-0.2, -0.15) is 0 Å². The number of nitrogens with zero attached hydrogens (tertiary/aromatic N) is 1. The molecular weight excluding hydrogens is 227 g/mol. The van der Waals surface area contributed by atoms with Crippen LogP contribution in [0.25, 0.3) is 0 Å². The van der Waals surface area contributed by atoms with Gasteiger partial charge in [0.15, 0.2) is 0 Å². The predicted molar refractivity (Wildman–Crippen MR) is 73.7 cm³/mol. The average molecular weight is 250 g/mol. The molecule has 18 heavy (non-hydrogen) atoms. The number of hydrogen-bond acceptors (Lipinski definition) is 2. The molecule has 0 spiro atoms. The van der Waals surface area contributed by atoms with Crippen LogP contribution in [0.3, 0.4) is 0 Å². The van der Waals surface area contributed by atoms with Gasteiger partial charge < -0.3 is 5.73 Å². The van der Waals surface area contributed by atoms with Crippen LogP contribution in [0.15, 0.2) is 18.2 Å². The van der Waals surface area contributed by atoms with Crippen molar-refractivity contribution in [3.63, 3.8) is 0 Å². The third-order valence-electron chi connectivity index (χ3n) is 4.42. The number of hydrogen-bond donors (Lipinski definition) is 1. The summed E-state index contributed by atoms with van der Waals surface area (Å²) in [5.74, 6) is -0.256. The van der Waals surface area contributed by atoms with Crippen molar-refractivity contribution in [2.75, 3.05) is 18.8 Å². The van der Waals surface area contributed by atoms with Crippen molar-refractivity contribution in [3.05, 3.63) is 29.6 Å². The molecule has 2 nitrogen and oxygen atoms in total. The summed E-state index contributed by atoms with van der Waals surface area (Å²) >= 11 is 0. The molecule has 100 valence electrons. The lowest BCUT2D eigenvalue weighted by molar-refractivity contribution is 0.110. The minimum Gasteiger partial charge on any atom is -0.398 e. The van der Waals surface area contributed by atoms with Crippen LogP contribution < -0.4 is 5.73 Å². The van der Waals surface area contributed by atoms with Crippen LogP contribution in [0, 0.1) is 11.2 Å². The Morgan fingerprint density at radius 2 is 2.00 bits per heavy atom. The number of likely N-dealkylation sites (tertiary alicyclic amines) is 1. The van der Waals surface area contributed by atoms with E-state index in [1.807, 2.05) is 0 Å². The average Bonchev–Trinajstić information content (AvgIpc) is 2.36. The van der Waals surface area contributed by atoms with Crippen molar-refractivity contribution >= 4 is 5.69 Å². The molecule has 0 bridgehead atoms. The number of nitrogens with two attached hydrogens (primary N) is 1. The maximum Gasteiger partial charge on any atom is 0.125 e. The number of benzene rings is 1. The van der Waals surface area contributed by atoms with Gasteiger partial charge in [0.05, 0.1) is 0 Å². The van der Waals surface area contributed by atoms with Crippen molar-refractivity contribution in [1.29, 1.82) is 0 Å². The maximum atomic E-state index is 13.0. The van der Waals surface area contributed by atoms with Crippen LogP contribution in [0.4, 0.5) is 10.1 Å². The number of nitrogen functional groups attached to an aromatic ring is 1. The normalized spacial score (nSPS) is 19.9. The van der Waals surface area contributed by atoms with Crippen LogP contribution in [0.5, 0.6) is 0 Å². The van der Waals surface area contributed by atoms with Crippen LogP contribution in [-0.2, 0) is 6.54 Å². The lowest BCUT2D eigenvalue weighted by Gasteiger charge is -2.39. The Hall–Kier alpha value is -1.09. The van der Waals surface area contributed by atoms with Gasteiger partial charge in [0.25, 0.3) is 0 Å². The Morgan fingerprint density at radius 1 is 1.33 bits per heavy atom. The number of anilines is 1. The predicted octanol–water partition coefficient (Wildman–Crippen LogP) is 3.42. The molecular formula is C15H23FN2. The zero-order valence-corrected chi connectivity index (χ0v) is 11.4. The molecule has 1 saturated heterocycles. The first-order chi connectivity index (χ1) is 8.52. The van der Waals surface area contributed by atoms with E-state index in [4.69, 9.17) is 5.73 Å². The zero-order chi connectivity index (χ0) is 13.2. The molecule has 1 heterocycles. The van der Waals surface area contributed by atoms with Crippen molar-refractivity contribution in [2.45, 2.75) is 39.7 Å². The van der Waals surface area contributed by atoms with Crippen LogP contribution in [-0.4, -0.2) is 18.0 Å². The summed E-state index contributed by atoms with van der Waals surface area (Å²) in [6, 6.07) is 4.71. The standard InChI is InChI=1S/C15H23FN2/c1-3-15(2)6-8-18(9-7-15)11-12-4-5-13(16)10-14(12)17/h4-5,10H,3,6-9,11,17H2,1-2H3. The van der Waals surface area contributed by atoms with E-state index in [9.17, 15) is 4.39 Å². The van der Waals surface area contributed by atoms with E-state index < -0.39 is 0 Å². The monoisotopic (exact) mass is 250 g/mol. The second-order valence-electron chi connectivity index (χ2n) is 5.78. The van der Waals surface area contributed by atoms with Gasteiger partial charge in [-0.05, 0) is 49.0 Å². The second kappa shape index (κ2) is 5.27. The fourth-order valence-electron chi connectivity index (χ4n) is 2.56. The van der Waals surface area contributed by atoms with E-state index in [1.165, 1.54) is 31.4 Å². The molecule has 1 fully saturated rings. The van der Waals surface area contributed by atoms with Gasteiger partial charge in [0.2, 0.25) is 0 Å². The molecule has 0 amide bonds. The molecule has 0 unspecified atom stereocenters. The summed E-state index contributed by atoms with van der Waals surface area (Å²) in [4.78, 5) is 2.42. The van der Waals surface area contributed by atoms with Gasteiger partial charge in [-0.1, -0.05) is 26.3 Å². The highest BCUT2D eigenvalue weighted by Gasteiger charge is 2.28. The highest BCUT2D eigenvalue weighted by molar-refractivity contribution is 5.46. The van der Waals surface area contributed by atoms with Crippen LogP contribution in [0.1, 0.15) is 38.7 Å². The van der Waals surface area contributed by atoms with Gasteiger partial charge in [0.1, 0.15) is 5.82 Å². The molecule has 0 aromatic heterocycles. The van der Waals surface area contributed by atoms with E-state index in [1.54, 1.807) is 6.07 Å². The van der Waals surface area contributed by atoms with E-state index in [2.05, 4.69) is 18.7 Å². The third kappa shape index (κ3) is 3.02. The van der Waals surface area contributed by atoms with Crippen LogP contribution >= 0.6 is 0 Å². The summed E-state index contributed by atoms with van der Waals surface area (Å²) in [7, 11) is 0. The maximum absolute atomic E-state index is 13.0. The fourth-order valence-corrected chi connectivity index (χ4v) is 2.56. The lowest BCUT2D eigenvalue weighted by Crippen LogP contribution is -2.38. The molecule has 1 aromatic rings. The number of piperidine rings is 1. The smallest absolute Gasteiger partial charge is 0.125 e. The van der Waals surface area contributed by atoms with Gasteiger partial charge >= 0.3 is 0 Å². The van der Waals surface area contributed by atoms with Gasteiger partial charge in [-0.15, -0.1) is 0 Å². The second-order valence-corrected chi connectivity index (χ2v) is 5.78. The van der Waals surface area contributed by atoms with Crippen molar-refractivity contribution in [3.8, 4) is 0 Å². The molecule has 1 aliphatic rings. The Labute approximate surface area is 109 Å². The Bertz CT molecular complexity index is 409. The Balaban J connectivity index is 1.95. The summed E-state index contributed by atoms with van der Waals surface area (Å²) in [5, 5.41) is 0. The van der Waals surface area contributed by atoms with Gasteiger partial charge in [-0.25, -0.2) is 4.39 Å². The van der Waals surface area contributed by atoms with Crippen molar-refractivity contribution in [1.82, 2.24) is 4.90 Å². The molecule has 2 rings (SSSR count). The quantitative estimate of drug-likeness (QED) is 0.833. The first kappa shape index (κ1) is 13.3. The molecule has 2 N–H and O–H groups in total. The molecule has 3 heteroatoms. The molecule has 0 radical (unpaired) electrons. The fraction of sp³-hybridized carbons (Fsp3) is 0.600. The summed E-state index contributed by atoms with van der Waals surface area (Å²) in [6.45, 7) is 7.71. The first-order valence-corrected chi connectivity index (χ1v) is 6.79. The van der Waals surface area contributed by atoms with Crippen molar-refractivity contribution < 1.29 is 4.39 Å². The zero-order valence-electron chi connectivity index (χ0n) is 11.4. The van der Waals surface area contributed by atoms with Crippen LogP contribution in [0.2, 0.25) is 0 Å². The minimum atomic E-state index is -0.256. The SMILES string of the molecule is CCC1(C)CCN(Cc2ccc(F)cc2N)CC1. The van der Waals surface area contributed by atoms with E-state index in [0.29, 0.717) is 11.1 Å². The largest absolute Gasteiger partial charge is 0.398 e. The van der Waals surface area contributed by atoms with Gasteiger partial charge in [-0.3, -0.25) is 4.90 Å². The number of halogens is 1. The first-order valence-electron chi connectivity index (χ1n) is 6.79.